The van der Waals surface area contributed by atoms with Crippen molar-refractivity contribution < 1.29 is 9.94 Å². The molecule has 98 valence electrons. The van der Waals surface area contributed by atoms with Crippen LogP contribution in [0.5, 0.6) is 5.88 Å². The van der Waals surface area contributed by atoms with Crippen LogP contribution in [0.15, 0.2) is 11.2 Å². The molecule has 3 N–H and O–H groups in total. The third kappa shape index (κ3) is 2.55. The maximum absolute atomic E-state index is 8.85. The van der Waals surface area contributed by atoms with Gasteiger partial charge in [0.15, 0.2) is 5.84 Å². The lowest BCUT2D eigenvalue weighted by Gasteiger charge is -2.17. The van der Waals surface area contributed by atoms with Crippen molar-refractivity contribution in [1.29, 1.82) is 0 Å². The van der Waals surface area contributed by atoms with Gasteiger partial charge in [0.2, 0.25) is 5.88 Å². The van der Waals surface area contributed by atoms with Gasteiger partial charge in [-0.2, -0.15) is 0 Å². The van der Waals surface area contributed by atoms with Gasteiger partial charge >= 0.3 is 0 Å². The van der Waals surface area contributed by atoms with Crippen LogP contribution in [0.1, 0.15) is 42.5 Å². The average molecular weight is 249 g/mol. The molecule has 0 spiro atoms. The third-order valence-electron chi connectivity index (χ3n) is 3.26. The Balaban J connectivity index is 2.36. The fourth-order valence-electron chi connectivity index (χ4n) is 2.41. The minimum Gasteiger partial charge on any atom is -0.474 e. The highest BCUT2D eigenvalue weighted by Gasteiger charge is 2.21. The van der Waals surface area contributed by atoms with Crippen molar-refractivity contribution in [1.82, 2.24) is 4.98 Å². The van der Waals surface area contributed by atoms with Crippen LogP contribution in [0.3, 0.4) is 0 Å². The molecule has 0 aliphatic heterocycles. The Morgan fingerprint density at radius 1 is 1.44 bits per heavy atom. The van der Waals surface area contributed by atoms with Crippen molar-refractivity contribution >= 4 is 5.84 Å². The monoisotopic (exact) mass is 249 g/mol. The highest BCUT2D eigenvalue weighted by atomic mass is 16.5. The van der Waals surface area contributed by atoms with Gasteiger partial charge in [-0.1, -0.05) is 5.16 Å². The van der Waals surface area contributed by atoms with Gasteiger partial charge < -0.3 is 15.7 Å². The Kier molecular flexibility index (Phi) is 3.69. The second-order valence-electron chi connectivity index (χ2n) is 4.77. The Labute approximate surface area is 107 Å². The van der Waals surface area contributed by atoms with E-state index in [1.54, 1.807) is 0 Å². The van der Waals surface area contributed by atoms with Crippen LogP contribution in [0, 0.1) is 13.8 Å². The molecule has 0 amide bonds. The highest BCUT2D eigenvalue weighted by molar-refractivity contribution is 6.00. The smallest absolute Gasteiger partial charge is 0.225 e. The summed E-state index contributed by atoms with van der Waals surface area (Å²) in [6, 6.07) is 1.90. The molecule has 1 aromatic rings. The number of nitrogens with zero attached hydrogens (tertiary/aromatic N) is 2. The Morgan fingerprint density at radius 3 is 2.72 bits per heavy atom. The molecular weight excluding hydrogens is 230 g/mol. The lowest BCUT2D eigenvalue weighted by atomic mass is 10.1. The van der Waals surface area contributed by atoms with Crippen LogP contribution >= 0.6 is 0 Å². The zero-order valence-electron chi connectivity index (χ0n) is 10.8. The predicted octanol–water partition coefficient (Wildman–Crippen LogP) is 2.11. The zero-order valence-corrected chi connectivity index (χ0v) is 10.8. The number of pyridine rings is 1. The average Bonchev–Trinajstić information content (AvgIpc) is 2.80. The molecule has 1 aromatic heterocycles. The van der Waals surface area contributed by atoms with Crippen molar-refractivity contribution in [2.24, 2.45) is 10.9 Å². The molecular formula is C13H19N3O2. The molecule has 0 bridgehead atoms. The van der Waals surface area contributed by atoms with Crippen LogP contribution in [0.25, 0.3) is 0 Å². The molecule has 5 nitrogen and oxygen atoms in total. The fourth-order valence-corrected chi connectivity index (χ4v) is 2.41. The van der Waals surface area contributed by atoms with Crippen LogP contribution in [-0.2, 0) is 0 Å². The summed E-state index contributed by atoms with van der Waals surface area (Å²) in [5.74, 6) is 0.530. The molecule has 1 aliphatic rings. The molecule has 1 heterocycles. The second-order valence-corrected chi connectivity index (χ2v) is 4.77. The zero-order chi connectivity index (χ0) is 13.1. The van der Waals surface area contributed by atoms with Crippen molar-refractivity contribution in [2.45, 2.75) is 45.6 Å². The van der Waals surface area contributed by atoms with E-state index in [1.807, 2.05) is 19.9 Å². The molecule has 18 heavy (non-hydrogen) atoms. The van der Waals surface area contributed by atoms with Gasteiger partial charge in [0, 0.05) is 5.69 Å². The topological polar surface area (TPSA) is 80.7 Å². The number of hydrogen-bond acceptors (Lipinski definition) is 4. The van der Waals surface area contributed by atoms with Gasteiger partial charge in [-0.3, -0.25) is 0 Å². The molecule has 0 atom stereocenters. The number of oxime groups is 1. The van der Waals surface area contributed by atoms with Crippen molar-refractivity contribution in [3.05, 3.63) is 22.9 Å². The van der Waals surface area contributed by atoms with Gasteiger partial charge in [-0.15, -0.1) is 0 Å². The van der Waals surface area contributed by atoms with E-state index in [4.69, 9.17) is 15.7 Å². The SMILES string of the molecule is Cc1cc(C)c(/C(N)=N/O)c(OC2CCCC2)n1. The van der Waals surface area contributed by atoms with Crippen molar-refractivity contribution in [3.63, 3.8) is 0 Å². The summed E-state index contributed by atoms with van der Waals surface area (Å²) >= 11 is 0. The van der Waals surface area contributed by atoms with E-state index >= 15 is 0 Å². The molecule has 1 saturated carbocycles. The molecule has 0 saturated heterocycles. The number of nitrogens with two attached hydrogens (primary N) is 1. The van der Waals surface area contributed by atoms with Gasteiger partial charge in [0.05, 0.1) is 5.56 Å². The number of aryl methyl sites for hydroxylation is 2. The van der Waals surface area contributed by atoms with Gasteiger partial charge in [0.1, 0.15) is 6.10 Å². The number of ether oxygens (including phenoxy) is 1. The first kappa shape index (κ1) is 12.7. The largest absolute Gasteiger partial charge is 0.474 e. The first-order chi connectivity index (χ1) is 8.61. The lowest BCUT2D eigenvalue weighted by Crippen LogP contribution is -2.20. The summed E-state index contributed by atoms with van der Waals surface area (Å²) < 4.78 is 5.91. The van der Waals surface area contributed by atoms with Crippen LogP contribution < -0.4 is 10.5 Å². The maximum Gasteiger partial charge on any atom is 0.225 e. The molecule has 1 fully saturated rings. The van der Waals surface area contributed by atoms with Gasteiger partial charge in [0.25, 0.3) is 0 Å². The summed E-state index contributed by atoms with van der Waals surface area (Å²) in [5, 5.41) is 11.9. The molecule has 0 unspecified atom stereocenters. The molecule has 0 aromatic carbocycles. The van der Waals surface area contributed by atoms with Gasteiger partial charge in [-0.25, -0.2) is 4.98 Å². The maximum atomic E-state index is 8.85. The minimum atomic E-state index is 0.0491. The summed E-state index contributed by atoms with van der Waals surface area (Å²) in [4.78, 5) is 4.37. The summed E-state index contributed by atoms with van der Waals surface area (Å²) in [6.45, 7) is 3.81. The summed E-state index contributed by atoms with van der Waals surface area (Å²) in [7, 11) is 0. The number of hydrogen-bond donors (Lipinski definition) is 2. The van der Waals surface area contributed by atoms with Crippen molar-refractivity contribution in [2.75, 3.05) is 0 Å². The Bertz CT molecular complexity index is 466. The van der Waals surface area contributed by atoms with E-state index in [-0.39, 0.29) is 11.9 Å². The minimum absolute atomic E-state index is 0.0491. The number of rotatable bonds is 3. The second kappa shape index (κ2) is 5.25. The number of aromatic nitrogens is 1. The van der Waals surface area contributed by atoms with Crippen LogP contribution in [-0.4, -0.2) is 22.1 Å². The van der Waals surface area contributed by atoms with Crippen LogP contribution in [0.4, 0.5) is 0 Å². The van der Waals surface area contributed by atoms with E-state index in [0.29, 0.717) is 11.4 Å². The Morgan fingerprint density at radius 2 is 2.11 bits per heavy atom. The van der Waals surface area contributed by atoms with E-state index < -0.39 is 0 Å². The molecule has 5 heteroatoms. The van der Waals surface area contributed by atoms with E-state index in [1.165, 1.54) is 12.8 Å². The van der Waals surface area contributed by atoms with Gasteiger partial charge in [-0.05, 0) is 51.2 Å². The van der Waals surface area contributed by atoms with E-state index in [2.05, 4.69) is 10.1 Å². The third-order valence-corrected chi connectivity index (χ3v) is 3.26. The first-order valence-electron chi connectivity index (χ1n) is 6.24. The summed E-state index contributed by atoms with van der Waals surface area (Å²) in [5.41, 5.74) is 8.07. The van der Waals surface area contributed by atoms with Crippen LogP contribution in [0.2, 0.25) is 0 Å². The lowest BCUT2D eigenvalue weighted by molar-refractivity contribution is 0.200. The number of amidine groups is 1. The van der Waals surface area contributed by atoms with E-state index in [0.717, 1.165) is 24.1 Å². The molecule has 1 aliphatic carbocycles. The highest BCUT2D eigenvalue weighted by Crippen LogP contribution is 2.27. The fraction of sp³-hybridized carbons (Fsp3) is 0.538. The van der Waals surface area contributed by atoms with Crippen molar-refractivity contribution in [3.8, 4) is 5.88 Å². The first-order valence-corrected chi connectivity index (χ1v) is 6.24. The standard InChI is InChI=1S/C13H19N3O2/c1-8-7-9(2)15-13(11(8)12(14)16-17)18-10-5-3-4-6-10/h7,10,17H,3-6H2,1-2H3,(H2,14,16). The van der Waals surface area contributed by atoms with E-state index in [9.17, 15) is 0 Å². The normalized spacial score (nSPS) is 17.1. The molecule has 0 radical (unpaired) electrons. The predicted molar refractivity (Wildman–Crippen MR) is 69.1 cm³/mol. The molecule has 2 rings (SSSR count). The quantitative estimate of drug-likeness (QED) is 0.372. The summed E-state index contributed by atoms with van der Waals surface area (Å²) in [6.07, 6.45) is 4.67. The Hall–Kier alpha value is -1.78.